The van der Waals surface area contributed by atoms with Gasteiger partial charge in [0, 0.05) is 95.4 Å². The lowest BCUT2D eigenvalue weighted by atomic mass is 10.1. The Morgan fingerprint density at radius 2 is 1.35 bits per heavy atom. The summed E-state index contributed by atoms with van der Waals surface area (Å²) >= 11 is 0. The normalized spacial score (nSPS) is 36.9. The number of ether oxygens (including phenoxy) is 6. The SMILES string of the molecule is [2H]C[C@H]1O[C@H]([3H])C[C@@H]1OP(=O)(CCCOC)OC[C@H]1O[C@H]([3H])C[C@@H]1C.[2H]C[C@H]1O[C@H]([3H])C[C@@H]1OP(CCCOC)N(C(C)C)C(C)C.[3H]OC.[3H]OC.[3H][C@H]1C[C@H](C)[C@@H](CO)O1. The van der Waals surface area contributed by atoms with Crippen LogP contribution in [0.2, 0.25) is 0 Å². The topological polar surface area (TPSA) is 164 Å². The molecular weight excluding hydrogens is 740 g/mol. The van der Waals surface area contributed by atoms with E-state index in [9.17, 15) is 4.57 Å². The van der Waals surface area contributed by atoms with Crippen LogP contribution in [0.25, 0.3) is 0 Å². The minimum atomic E-state index is -3.44. The van der Waals surface area contributed by atoms with Crippen LogP contribution in [0.4, 0.5) is 0 Å². The van der Waals surface area contributed by atoms with E-state index in [1.165, 1.54) is 14.2 Å². The molecule has 0 amide bonds. The van der Waals surface area contributed by atoms with E-state index in [4.69, 9.17) is 58.2 Å². The van der Waals surface area contributed by atoms with Crippen LogP contribution in [0.5, 0.6) is 0 Å². The summed E-state index contributed by atoms with van der Waals surface area (Å²) < 4.78 is 122. The Bertz CT molecular complexity index is 1130. The number of nitrogens with zero attached hydrogens (tertiary/aromatic N) is 1. The minimum Gasteiger partial charge on any atom is -0.400 e. The second-order valence-electron chi connectivity index (χ2n) is 13.7. The zero-order chi connectivity index (χ0) is 47.4. The van der Waals surface area contributed by atoms with Gasteiger partial charge >= 0.3 is 7.60 Å². The molecule has 4 aliphatic heterocycles. The van der Waals surface area contributed by atoms with Gasteiger partial charge in [0.2, 0.25) is 2.86 Å². The van der Waals surface area contributed by atoms with Crippen molar-refractivity contribution in [2.24, 2.45) is 11.8 Å². The Hall–Kier alpha value is 0.140. The van der Waals surface area contributed by atoms with Gasteiger partial charge in [-0.1, -0.05) is 13.8 Å². The van der Waals surface area contributed by atoms with E-state index >= 15 is 0 Å². The monoisotopic (exact) mass is 836 g/mol. The molecule has 0 radical (unpaired) electrons. The first-order valence-electron chi connectivity index (χ1n) is 23.5. The predicted octanol–water partition coefficient (Wildman–Crippen LogP) is 6.12. The highest BCUT2D eigenvalue weighted by molar-refractivity contribution is 7.53. The molecule has 4 saturated heterocycles. The van der Waals surface area contributed by atoms with Crippen molar-refractivity contribution in [1.82, 2.24) is 4.67 Å². The van der Waals surface area contributed by atoms with Crippen molar-refractivity contribution in [3.05, 3.63) is 0 Å². The summed E-state index contributed by atoms with van der Waals surface area (Å²) in [6.45, 7) is 11.9. The number of aliphatic hydroxyl groups is 3. The molecule has 0 aromatic heterocycles. The molecule has 0 aromatic rings. The average molecular weight is 836 g/mol. The molecule has 0 aromatic carbocycles. The maximum atomic E-state index is 13.2. The van der Waals surface area contributed by atoms with E-state index in [2.05, 4.69) is 42.6 Å². The Kier molecular flexibility index (Phi) is 24.3. The lowest BCUT2D eigenvalue weighted by molar-refractivity contribution is 0.0283. The van der Waals surface area contributed by atoms with Crippen molar-refractivity contribution in [3.63, 3.8) is 0 Å². The van der Waals surface area contributed by atoms with Gasteiger partial charge in [-0.3, -0.25) is 9.24 Å². The molecule has 0 spiro atoms. The maximum absolute atomic E-state index is 13.2. The Morgan fingerprint density at radius 1 is 0.852 bits per heavy atom. The summed E-state index contributed by atoms with van der Waals surface area (Å²) in [5.41, 5.74) is 0. The van der Waals surface area contributed by atoms with Crippen LogP contribution in [-0.4, -0.2) is 165 Å². The summed E-state index contributed by atoms with van der Waals surface area (Å²) in [5.74, 6) is 0.501. The molecular formula is C38H81NO13P2. The third-order valence-corrected chi connectivity index (χ3v) is 13.4. The highest BCUT2D eigenvalue weighted by Crippen LogP contribution is 2.52. The molecule has 326 valence electrons. The third kappa shape index (κ3) is 21.2. The summed E-state index contributed by atoms with van der Waals surface area (Å²) in [7, 11) is 1.66. The minimum absolute atomic E-state index is 0.0521. The van der Waals surface area contributed by atoms with Crippen LogP contribution >= 0.6 is 15.9 Å². The van der Waals surface area contributed by atoms with E-state index in [0.717, 1.165) is 25.6 Å². The zero-order valence-corrected chi connectivity index (χ0v) is 36.5. The fraction of sp³-hybridized carbons (Fsp3) is 1.00. The van der Waals surface area contributed by atoms with Gasteiger partial charge < -0.3 is 57.3 Å². The smallest absolute Gasteiger partial charge is 0.331 e. The van der Waals surface area contributed by atoms with E-state index in [0.29, 0.717) is 43.9 Å². The van der Waals surface area contributed by atoms with Crippen molar-refractivity contribution >= 4 is 15.9 Å². The first-order valence-corrected chi connectivity index (χ1v) is 22.1. The fourth-order valence-corrected chi connectivity index (χ4v) is 9.92. The molecule has 4 fully saturated rings. The van der Waals surface area contributed by atoms with Gasteiger partial charge in [0.15, 0.2) is 0 Å². The maximum Gasteiger partial charge on any atom is 0.331 e. The fourth-order valence-electron chi connectivity index (χ4n) is 5.69. The molecule has 3 N–H and O–H groups in total. The predicted molar refractivity (Wildman–Crippen MR) is 216 cm³/mol. The second kappa shape index (κ2) is 32.0. The van der Waals surface area contributed by atoms with Crippen LogP contribution in [-0.2, 0) is 46.6 Å². The summed E-state index contributed by atoms with van der Waals surface area (Å²) in [6, 6.07) is 0.800. The Balaban J connectivity index is 0.000000909. The molecule has 2 unspecified atom stereocenters. The number of hydrogen-bond acceptors (Lipinski definition) is 14. The first-order chi connectivity index (χ1) is 29.3. The van der Waals surface area contributed by atoms with Crippen molar-refractivity contribution in [2.75, 3.05) is 93.5 Å². The van der Waals surface area contributed by atoms with Gasteiger partial charge in [-0.15, -0.1) is 0 Å². The third-order valence-electron chi connectivity index (χ3n) is 8.74. The van der Waals surface area contributed by atoms with Crippen LogP contribution in [0.15, 0.2) is 0 Å². The summed E-state index contributed by atoms with van der Waals surface area (Å²) in [4.78, 5) is 0. The molecule has 14 atom stereocenters. The van der Waals surface area contributed by atoms with Crippen LogP contribution in [0.3, 0.4) is 0 Å². The molecule has 54 heavy (non-hydrogen) atoms. The van der Waals surface area contributed by atoms with Gasteiger partial charge in [-0.05, 0) is 85.4 Å². The van der Waals surface area contributed by atoms with Gasteiger partial charge in [0.1, 0.15) is 8.30 Å². The Morgan fingerprint density at radius 3 is 1.81 bits per heavy atom. The molecule has 4 rings (SSSR count). The number of methoxy groups -OCH3 is 2. The second-order valence-corrected chi connectivity index (χ2v) is 17.7. The molecule has 4 heterocycles. The number of hydrogen-bond donors (Lipinski definition) is 3. The molecule has 0 saturated carbocycles. The number of rotatable bonds is 19. The van der Waals surface area contributed by atoms with Crippen molar-refractivity contribution in [1.29, 1.82) is 2.86 Å². The zero-order valence-electron chi connectivity index (χ0n) is 42.7. The highest BCUT2D eigenvalue weighted by Gasteiger charge is 2.37. The molecule has 16 heteroatoms. The van der Waals surface area contributed by atoms with Gasteiger partial charge in [-0.2, -0.15) is 0 Å². The molecule has 0 bridgehead atoms. The van der Waals surface area contributed by atoms with Crippen LogP contribution in [0, 0.1) is 11.8 Å². The van der Waals surface area contributed by atoms with Crippen molar-refractivity contribution < 1.29 is 70.1 Å². The molecule has 0 aliphatic carbocycles. The molecule has 4 aliphatic rings. The summed E-state index contributed by atoms with van der Waals surface area (Å²) in [6.07, 6.45) is 2.91. The van der Waals surface area contributed by atoms with Crippen LogP contribution < -0.4 is 0 Å². The van der Waals surface area contributed by atoms with E-state index < -0.39 is 54.4 Å². The quantitative estimate of drug-likeness (QED) is 0.101. The van der Waals surface area contributed by atoms with Gasteiger partial charge in [-0.25, -0.2) is 0 Å². The van der Waals surface area contributed by atoms with Crippen LogP contribution in [0.1, 0.15) is 102 Å². The van der Waals surface area contributed by atoms with Gasteiger partial charge in [0.25, 0.3) is 0 Å². The van der Waals surface area contributed by atoms with E-state index in [1.54, 1.807) is 14.2 Å². The number of aliphatic hydroxyl groups excluding tert-OH is 3. The molecule has 14 nitrogen and oxygen atoms in total. The lowest BCUT2D eigenvalue weighted by Crippen LogP contribution is -2.35. The van der Waals surface area contributed by atoms with Gasteiger partial charge in [0.05, 0.1) is 61.5 Å². The average Bonchev–Trinajstić information content (AvgIpc) is 3.94. The highest BCUT2D eigenvalue weighted by atomic mass is 31.2. The Labute approximate surface area is 341 Å². The summed E-state index contributed by atoms with van der Waals surface area (Å²) in [5, 5.41) is 15.6. The lowest BCUT2D eigenvalue weighted by Gasteiger charge is -2.38. The standard InChI is InChI=1S/C15H32NO3P.C15H29O6P.C6H12O2.2CH4O/c1-12(2)16(13(3)4)20(11-7-9-17-6)19-15-8-10-18-14(15)5;1-12-5-8-19-15(12)11-20-22(16,10-4-7-17-3)21-14-6-9-18-13(14)2;1-5-2-3-8-6(5)4-7;2*1-2/h12-15H,7-11H2,1-6H3;12-15H,4-11H2,1-3H3;5-7H,2-4H2,1H3;2*2H,1H3/t14-,15+,20?;12-,13+,14-,15+,22?;5-,6+;;/m100../s1/i5D,10T;2D,8T,9T;3T;2*2T/t10-,14-,15+,20?;8-,9-,12+,13-,14+,15-,22?;3-,5-,6+;;/m110... The van der Waals surface area contributed by atoms with Crippen molar-refractivity contribution in [2.45, 2.75) is 143 Å². The van der Waals surface area contributed by atoms with E-state index in [-0.39, 0.29) is 69.9 Å². The van der Waals surface area contributed by atoms with Crippen molar-refractivity contribution in [3.8, 4) is 0 Å². The van der Waals surface area contributed by atoms with E-state index in [1.807, 2.05) is 13.8 Å². The first kappa shape index (κ1) is 40.9. The largest absolute Gasteiger partial charge is 0.400 e.